The third-order valence-electron chi connectivity index (χ3n) is 6.41. The molecule has 2 aromatic carbocycles. The monoisotopic (exact) mass is 400 g/mol. The number of anilines is 1. The Hall–Kier alpha value is -1.91. The average molecular weight is 401 g/mol. The molecule has 1 aliphatic carbocycles. The smallest absolute Gasteiger partial charge is 0.230 e. The molecule has 1 amide bonds. The van der Waals surface area contributed by atoms with Crippen molar-refractivity contribution in [3.05, 3.63) is 64.4 Å². The third kappa shape index (κ3) is 3.56. The molecule has 2 N–H and O–H groups in total. The highest BCUT2D eigenvalue weighted by Crippen LogP contribution is 2.47. The van der Waals surface area contributed by atoms with Crippen molar-refractivity contribution < 1.29 is 9.18 Å². The first-order valence-electron chi connectivity index (χ1n) is 10.1. The minimum absolute atomic E-state index is 0.0555. The van der Waals surface area contributed by atoms with Crippen LogP contribution in [0.3, 0.4) is 0 Å². The van der Waals surface area contributed by atoms with Crippen molar-refractivity contribution in [2.45, 2.75) is 50.5 Å². The van der Waals surface area contributed by atoms with E-state index in [4.69, 9.17) is 11.6 Å². The largest absolute Gasteiger partial charge is 0.326 e. The van der Waals surface area contributed by atoms with E-state index in [1.165, 1.54) is 6.42 Å². The van der Waals surface area contributed by atoms with Crippen LogP contribution in [-0.2, 0) is 4.79 Å². The van der Waals surface area contributed by atoms with Crippen molar-refractivity contribution in [3.63, 3.8) is 0 Å². The van der Waals surface area contributed by atoms with E-state index < -0.39 is 0 Å². The lowest BCUT2D eigenvalue weighted by Gasteiger charge is -2.39. The van der Waals surface area contributed by atoms with E-state index in [1.54, 1.807) is 25.1 Å². The molecule has 1 aliphatic heterocycles. The van der Waals surface area contributed by atoms with Crippen LogP contribution in [0.5, 0.6) is 0 Å². The van der Waals surface area contributed by atoms with Gasteiger partial charge in [0.05, 0.1) is 5.92 Å². The lowest BCUT2D eigenvalue weighted by atomic mass is 9.69. The van der Waals surface area contributed by atoms with E-state index in [9.17, 15) is 9.18 Å². The molecule has 0 bridgehead atoms. The standard InChI is InChI=1S/C23H26ClFN2O/c1-15-7-5-10-18(21(15)25)19-14-26-23(11-3-2-4-12-23)20(19)22(28)27-17-9-6-8-16(24)13-17/h5-10,13,19-20,26H,2-4,11-12,14H2,1H3,(H,27,28). The third-order valence-corrected chi connectivity index (χ3v) is 6.65. The van der Waals surface area contributed by atoms with Gasteiger partial charge in [-0.3, -0.25) is 4.79 Å². The van der Waals surface area contributed by atoms with Gasteiger partial charge in [0.15, 0.2) is 0 Å². The summed E-state index contributed by atoms with van der Waals surface area (Å²) >= 11 is 6.08. The Morgan fingerprint density at radius 3 is 2.68 bits per heavy atom. The van der Waals surface area contributed by atoms with E-state index in [0.717, 1.165) is 25.7 Å². The number of rotatable bonds is 3. The van der Waals surface area contributed by atoms with Crippen molar-refractivity contribution in [1.29, 1.82) is 0 Å². The molecule has 2 atom stereocenters. The summed E-state index contributed by atoms with van der Waals surface area (Å²) in [4.78, 5) is 13.5. The van der Waals surface area contributed by atoms with Gasteiger partial charge in [-0.15, -0.1) is 0 Å². The Kier molecular flexibility index (Phi) is 5.44. The first kappa shape index (κ1) is 19.4. The van der Waals surface area contributed by atoms with Gasteiger partial charge >= 0.3 is 0 Å². The first-order chi connectivity index (χ1) is 13.5. The maximum absolute atomic E-state index is 14.9. The molecule has 28 heavy (non-hydrogen) atoms. The van der Waals surface area contributed by atoms with E-state index in [-0.39, 0.29) is 29.1 Å². The summed E-state index contributed by atoms with van der Waals surface area (Å²) in [5.41, 5.74) is 1.68. The highest BCUT2D eigenvalue weighted by Gasteiger charge is 2.52. The van der Waals surface area contributed by atoms with Crippen molar-refractivity contribution in [3.8, 4) is 0 Å². The molecule has 2 fully saturated rings. The van der Waals surface area contributed by atoms with Crippen molar-refractivity contribution in [2.75, 3.05) is 11.9 Å². The fourth-order valence-corrected chi connectivity index (χ4v) is 5.25. The van der Waals surface area contributed by atoms with Crippen molar-refractivity contribution in [2.24, 2.45) is 5.92 Å². The van der Waals surface area contributed by atoms with Crippen molar-refractivity contribution >= 4 is 23.2 Å². The second kappa shape index (κ2) is 7.84. The van der Waals surface area contributed by atoms with Crippen LogP contribution in [0.15, 0.2) is 42.5 Å². The van der Waals surface area contributed by atoms with Crippen LogP contribution in [0.2, 0.25) is 5.02 Å². The van der Waals surface area contributed by atoms with E-state index >= 15 is 0 Å². The van der Waals surface area contributed by atoms with Crippen LogP contribution in [-0.4, -0.2) is 18.0 Å². The van der Waals surface area contributed by atoms with E-state index in [2.05, 4.69) is 10.6 Å². The summed E-state index contributed by atoms with van der Waals surface area (Å²) < 4.78 is 14.9. The predicted molar refractivity (Wildman–Crippen MR) is 111 cm³/mol. The van der Waals surface area contributed by atoms with Gasteiger partial charge in [-0.1, -0.05) is 55.1 Å². The maximum Gasteiger partial charge on any atom is 0.230 e. The molecule has 148 valence electrons. The first-order valence-corrected chi connectivity index (χ1v) is 10.4. The molecule has 2 aromatic rings. The highest BCUT2D eigenvalue weighted by atomic mass is 35.5. The molecular weight excluding hydrogens is 375 g/mol. The number of hydrogen-bond acceptors (Lipinski definition) is 2. The second-order valence-corrected chi connectivity index (χ2v) is 8.60. The lowest BCUT2D eigenvalue weighted by molar-refractivity contribution is -0.122. The Balaban J connectivity index is 1.70. The summed E-state index contributed by atoms with van der Waals surface area (Å²) in [7, 11) is 0. The zero-order valence-electron chi connectivity index (χ0n) is 16.1. The van der Waals surface area contributed by atoms with Crippen molar-refractivity contribution in [1.82, 2.24) is 5.32 Å². The summed E-state index contributed by atoms with van der Waals surface area (Å²) in [5.74, 6) is -0.747. The highest BCUT2D eigenvalue weighted by molar-refractivity contribution is 6.30. The molecule has 2 unspecified atom stereocenters. The lowest BCUT2D eigenvalue weighted by Crippen LogP contribution is -2.50. The SMILES string of the molecule is Cc1cccc(C2CNC3(CCCCC3)C2C(=O)Nc2cccc(Cl)c2)c1F. The van der Waals surface area contributed by atoms with Gasteiger partial charge in [0.2, 0.25) is 5.91 Å². The normalized spacial score (nSPS) is 23.7. The molecule has 1 saturated carbocycles. The molecule has 0 radical (unpaired) electrons. The molecule has 3 nitrogen and oxygen atoms in total. The van der Waals surface area contributed by atoms with Gasteiger partial charge in [-0.05, 0) is 49.1 Å². The quantitative estimate of drug-likeness (QED) is 0.721. The number of hydrogen-bond donors (Lipinski definition) is 2. The molecule has 2 aliphatic rings. The molecule has 0 aromatic heterocycles. The zero-order chi connectivity index (χ0) is 19.7. The number of carbonyl (C=O) groups is 1. The van der Waals surface area contributed by atoms with Crippen LogP contribution in [0.4, 0.5) is 10.1 Å². The fourth-order valence-electron chi connectivity index (χ4n) is 5.06. The summed E-state index contributed by atoms with van der Waals surface area (Å²) in [6.07, 6.45) is 5.28. The van der Waals surface area contributed by atoms with Crippen LogP contribution in [0.1, 0.15) is 49.1 Å². The number of amides is 1. The maximum atomic E-state index is 14.9. The number of halogens is 2. The Morgan fingerprint density at radius 1 is 1.18 bits per heavy atom. The Morgan fingerprint density at radius 2 is 1.93 bits per heavy atom. The van der Waals surface area contributed by atoms with Gasteiger partial charge < -0.3 is 10.6 Å². The van der Waals surface area contributed by atoms with Gasteiger partial charge in [0.25, 0.3) is 0 Å². The summed E-state index contributed by atoms with van der Waals surface area (Å²) in [5, 5.41) is 7.27. The van der Waals surface area contributed by atoms with Gasteiger partial charge in [-0.25, -0.2) is 4.39 Å². The Bertz CT molecular complexity index is 879. The molecule has 4 rings (SSSR count). The van der Waals surface area contributed by atoms with E-state index in [0.29, 0.717) is 28.4 Å². The number of nitrogens with one attached hydrogen (secondary N) is 2. The molecular formula is C23H26ClFN2O. The molecule has 1 spiro atoms. The van der Waals surface area contributed by atoms with Gasteiger partial charge in [0.1, 0.15) is 5.82 Å². The van der Waals surface area contributed by atoms with Gasteiger partial charge in [0, 0.05) is 28.7 Å². The van der Waals surface area contributed by atoms with E-state index in [1.807, 2.05) is 24.3 Å². The van der Waals surface area contributed by atoms with Gasteiger partial charge in [-0.2, -0.15) is 0 Å². The van der Waals surface area contributed by atoms with Crippen LogP contribution in [0, 0.1) is 18.7 Å². The minimum atomic E-state index is -0.317. The second-order valence-electron chi connectivity index (χ2n) is 8.16. The van der Waals surface area contributed by atoms with Crippen LogP contribution < -0.4 is 10.6 Å². The summed E-state index contributed by atoms with van der Waals surface area (Å²) in [6.45, 7) is 2.40. The number of benzene rings is 2. The number of aryl methyl sites for hydroxylation is 1. The van der Waals surface area contributed by atoms with Crippen LogP contribution >= 0.6 is 11.6 Å². The predicted octanol–water partition coefficient (Wildman–Crippen LogP) is 5.43. The molecule has 1 saturated heterocycles. The zero-order valence-corrected chi connectivity index (χ0v) is 16.9. The van der Waals surface area contributed by atoms with Crippen LogP contribution in [0.25, 0.3) is 0 Å². The topological polar surface area (TPSA) is 41.1 Å². The number of carbonyl (C=O) groups excluding carboxylic acids is 1. The minimum Gasteiger partial charge on any atom is -0.326 e. The average Bonchev–Trinajstić information content (AvgIpc) is 3.03. The molecule has 1 heterocycles. The Labute approximate surface area is 170 Å². The fraction of sp³-hybridized carbons (Fsp3) is 0.435. The summed E-state index contributed by atoms with van der Waals surface area (Å²) in [6, 6.07) is 12.7. The molecule has 5 heteroatoms.